The van der Waals surface area contributed by atoms with Crippen LogP contribution in [0.5, 0.6) is 0 Å². The Morgan fingerprint density at radius 2 is 1.75 bits per heavy atom. The maximum Gasteiger partial charge on any atom is 0.218 e. The van der Waals surface area contributed by atoms with E-state index in [1.54, 1.807) is 0 Å². The maximum absolute atomic E-state index is 11.1. The fourth-order valence-electron chi connectivity index (χ4n) is 1.26. The van der Waals surface area contributed by atoms with E-state index in [2.05, 4.69) is 0 Å². The van der Waals surface area contributed by atoms with Gasteiger partial charge < -0.3 is 5.73 Å². The molecule has 3 nitrogen and oxygen atoms in total. The Morgan fingerprint density at radius 1 is 1.33 bits per heavy atom. The number of primary amides is 1. The molecule has 0 saturated heterocycles. The smallest absolute Gasteiger partial charge is 0.218 e. The summed E-state index contributed by atoms with van der Waals surface area (Å²) < 4.78 is 0. The zero-order valence-electron chi connectivity index (χ0n) is 8.18. The van der Waals surface area contributed by atoms with Gasteiger partial charge >= 0.3 is 0 Å². The number of carbonyl (C=O) groups excluding carboxylic acids is 2. The van der Waals surface area contributed by atoms with Gasteiger partial charge in [-0.15, -0.1) is 0 Å². The number of hydrogen-bond donors (Lipinski definition) is 1. The van der Waals surface area contributed by atoms with E-state index in [1.807, 2.05) is 20.8 Å². The molecule has 1 amide bonds. The van der Waals surface area contributed by atoms with Crippen molar-refractivity contribution < 1.29 is 9.59 Å². The van der Waals surface area contributed by atoms with Crippen LogP contribution in [0.1, 0.15) is 34.1 Å². The van der Waals surface area contributed by atoms with Gasteiger partial charge in [-0.1, -0.05) is 20.8 Å². The Hall–Kier alpha value is -0.860. The highest BCUT2D eigenvalue weighted by atomic mass is 16.1. The van der Waals surface area contributed by atoms with Gasteiger partial charge in [-0.3, -0.25) is 9.59 Å². The topological polar surface area (TPSA) is 60.2 Å². The first-order chi connectivity index (χ1) is 5.25. The molecule has 12 heavy (non-hydrogen) atoms. The largest absolute Gasteiger partial charge is 0.370 e. The molecule has 0 aromatic carbocycles. The van der Waals surface area contributed by atoms with Crippen LogP contribution in [0.4, 0.5) is 0 Å². The van der Waals surface area contributed by atoms with Crippen LogP contribution in [-0.4, -0.2) is 11.7 Å². The minimum Gasteiger partial charge on any atom is -0.370 e. The van der Waals surface area contributed by atoms with E-state index in [1.165, 1.54) is 6.92 Å². The van der Waals surface area contributed by atoms with Crippen LogP contribution in [-0.2, 0) is 9.59 Å². The lowest BCUT2D eigenvalue weighted by Crippen LogP contribution is -2.31. The van der Waals surface area contributed by atoms with Gasteiger partial charge in [0.1, 0.15) is 5.78 Å². The zero-order chi connectivity index (χ0) is 9.94. The first-order valence-electron chi connectivity index (χ1n) is 4.04. The van der Waals surface area contributed by atoms with Crippen molar-refractivity contribution in [1.82, 2.24) is 0 Å². The van der Waals surface area contributed by atoms with Crippen LogP contribution in [0.3, 0.4) is 0 Å². The molecule has 0 fully saturated rings. The maximum atomic E-state index is 11.1. The highest BCUT2D eigenvalue weighted by Gasteiger charge is 2.29. The van der Waals surface area contributed by atoms with Gasteiger partial charge in [-0.2, -0.15) is 0 Å². The van der Waals surface area contributed by atoms with Gasteiger partial charge in [-0.05, 0) is 12.3 Å². The molecule has 0 radical (unpaired) electrons. The Bertz CT molecular complexity index is 191. The third-order valence-corrected chi connectivity index (χ3v) is 1.94. The van der Waals surface area contributed by atoms with Crippen molar-refractivity contribution in [3.8, 4) is 0 Å². The second kappa shape index (κ2) is 3.70. The molecular formula is C9H17NO2. The van der Waals surface area contributed by atoms with Crippen LogP contribution in [0, 0.1) is 11.3 Å². The Morgan fingerprint density at radius 3 is 1.83 bits per heavy atom. The molecule has 0 heterocycles. The van der Waals surface area contributed by atoms with Gasteiger partial charge in [0.2, 0.25) is 5.91 Å². The van der Waals surface area contributed by atoms with E-state index in [-0.39, 0.29) is 23.5 Å². The average Bonchev–Trinajstić information content (AvgIpc) is 1.79. The molecule has 0 spiro atoms. The number of hydrogen-bond acceptors (Lipinski definition) is 2. The molecule has 0 rings (SSSR count). The molecular weight excluding hydrogens is 154 g/mol. The normalized spacial score (nSPS) is 14.0. The second-order valence-electron chi connectivity index (χ2n) is 4.20. The van der Waals surface area contributed by atoms with Gasteiger partial charge in [0.05, 0.1) is 0 Å². The fourth-order valence-corrected chi connectivity index (χ4v) is 1.26. The van der Waals surface area contributed by atoms with Crippen molar-refractivity contribution >= 4 is 11.7 Å². The summed E-state index contributed by atoms with van der Waals surface area (Å²) in [6.07, 6.45) is 0.152. The first kappa shape index (κ1) is 11.1. The van der Waals surface area contributed by atoms with Crippen molar-refractivity contribution in [2.75, 3.05) is 0 Å². The minimum absolute atomic E-state index is 0.0290. The summed E-state index contributed by atoms with van der Waals surface area (Å²) in [5.41, 5.74) is 4.86. The number of nitrogens with two attached hydrogens (primary N) is 1. The number of carbonyl (C=O) groups is 2. The van der Waals surface area contributed by atoms with Gasteiger partial charge in [0.15, 0.2) is 0 Å². The highest BCUT2D eigenvalue weighted by molar-refractivity contribution is 5.85. The molecule has 70 valence electrons. The van der Waals surface area contributed by atoms with Crippen molar-refractivity contribution in [2.45, 2.75) is 34.1 Å². The summed E-state index contributed by atoms with van der Waals surface area (Å²) in [5, 5.41) is 0. The number of rotatable bonds is 3. The van der Waals surface area contributed by atoms with Gasteiger partial charge in [0.25, 0.3) is 0 Å². The zero-order valence-corrected chi connectivity index (χ0v) is 8.18. The van der Waals surface area contributed by atoms with Crippen LogP contribution in [0.2, 0.25) is 0 Å². The second-order valence-corrected chi connectivity index (χ2v) is 4.20. The monoisotopic (exact) mass is 171 g/mol. The van der Waals surface area contributed by atoms with E-state index in [9.17, 15) is 9.59 Å². The summed E-state index contributed by atoms with van der Waals surface area (Å²) in [6.45, 7) is 7.30. The molecule has 0 bridgehead atoms. The minimum atomic E-state index is -0.412. The van der Waals surface area contributed by atoms with Gasteiger partial charge in [-0.25, -0.2) is 0 Å². The van der Waals surface area contributed by atoms with Crippen LogP contribution in [0.15, 0.2) is 0 Å². The van der Waals surface area contributed by atoms with Gasteiger partial charge in [0, 0.05) is 12.3 Å². The van der Waals surface area contributed by atoms with Crippen molar-refractivity contribution in [1.29, 1.82) is 0 Å². The van der Waals surface area contributed by atoms with E-state index in [0.29, 0.717) is 0 Å². The molecule has 0 aromatic heterocycles. The third kappa shape index (κ3) is 3.51. The summed E-state index contributed by atoms with van der Waals surface area (Å²) in [4.78, 5) is 21.7. The Kier molecular flexibility index (Phi) is 3.43. The molecule has 0 aliphatic carbocycles. The summed E-state index contributed by atoms with van der Waals surface area (Å²) >= 11 is 0. The molecule has 2 N–H and O–H groups in total. The lowest BCUT2D eigenvalue weighted by molar-refractivity contribution is -0.129. The Labute approximate surface area is 73.3 Å². The van der Waals surface area contributed by atoms with Crippen LogP contribution < -0.4 is 5.73 Å². The quantitative estimate of drug-likeness (QED) is 0.691. The van der Waals surface area contributed by atoms with E-state index in [0.717, 1.165) is 0 Å². The molecule has 0 aliphatic heterocycles. The number of amides is 1. The number of Topliss-reactive ketones (excluding diaryl/α,β-unsaturated/α-hetero) is 1. The summed E-state index contributed by atoms with van der Waals surface area (Å²) in [6, 6.07) is 0. The third-order valence-electron chi connectivity index (χ3n) is 1.94. The Balaban J connectivity index is 4.46. The van der Waals surface area contributed by atoms with E-state index >= 15 is 0 Å². The average molecular weight is 171 g/mol. The predicted molar refractivity (Wildman–Crippen MR) is 47.4 cm³/mol. The van der Waals surface area contributed by atoms with Crippen molar-refractivity contribution in [3.63, 3.8) is 0 Å². The fraction of sp³-hybridized carbons (Fsp3) is 0.778. The van der Waals surface area contributed by atoms with Crippen LogP contribution >= 0.6 is 0 Å². The lowest BCUT2D eigenvalue weighted by Gasteiger charge is -2.27. The number of ketones is 1. The summed E-state index contributed by atoms with van der Waals surface area (Å²) in [7, 11) is 0. The van der Waals surface area contributed by atoms with Crippen molar-refractivity contribution in [2.24, 2.45) is 17.1 Å². The van der Waals surface area contributed by atoms with Crippen molar-refractivity contribution in [3.05, 3.63) is 0 Å². The molecule has 0 aromatic rings. The van der Waals surface area contributed by atoms with E-state index < -0.39 is 5.91 Å². The summed E-state index contributed by atoms with van der Waals surface area (Å²) in [5.74, 6) is -0.638. The van der Waals surface area contributed by atoms with Crippen LogP contribution in [0.25, 0.3) is 0 Å². The molecule has 3 heteroatoms. The highest BCUT2D eigenvalue weighted by Crippen LogP contribution is 2.28. The molecule has 0 saturated carbocycles. The lowest BCUT2D eigenvalue weighted by atomic mass is 9.76. The SMILES string of the molecule is CC(=O)C(CC(N)=O)C(C)(C)C. The molecule has 1 unspecified atom stereocenters. The first-order valence-corrected chi connectivity index (χ1v) is 4.04. The van der Waals surface area contributed by atoms with E-state index in [4.69, 9.17) is 5.73 Å². The standard InChI is InChI=1S/C9H17NO2/c1-6(11)7(5-8(10)12)9(2,3)4/h7H,5H2,1-4H3,(H2,10,12). The molecule has 1 atom stereocenters. The predicted octanol–water partition coefficient (Wildman–Crippen LogP) is 1.11. The molecule has 0 aliphatic rings.